The number of carbonyl (C=O) groups is 1. The van der Waals surface area contributed by atoms with Crippen LogP contribution >= 0.6 is 0 Å². The molecule has 3 nitrogen and oxygen atoms in total. The molecule has 0 radical (unpaired) electrons. The van der Waals surface area contributed by atoms with Gasteiger partial charge in [0, 0.05) is 6.61 Å². The van der Waals surface area contributed by atoms with Crippen molar-refractivity contribution >= 4 is 5.97 Å². The molecule has 0 aromatic heterocycles. The summed E-state index contributed by atoms with van der Waals surface area (Å²) in [5.74, 6) is -0.812. The highest BCUT2D eigenvalue weighted by Crippen LogP contribution is 2.09. The summed E-state index contributed by atoms with van der Waals surface area (Å²) in [6.07, 6.45) is 7.71. The number of hydrogen-bond donors (Lipinski definition) is 1. The van der Waals surface area contributed by atoms with Crippen LogP contribution in [-0.2, 0) is 9.53 Å². The van der Waals surface area contributed by atoms with Gasteiger partial charge in [0.25, 0.3) is 0 Å². The fraction of sp³-hybridized carbons (Fsp3) is 0.923. The van der Waals surface area contributed by atoms with Gasteiger partial charge in [0.1, 0.15) is 0 Å². The van der Waals surface area contributed by atoms with E-state index in [4.69, 9.17) is 9.84 Å². The summed E-state index contributed by atoms with van der Waals surface area (Å²) in [5.41, 5.74) is 0. The summed E-state index contributed by atoms with van der Waals surface area (Å²) >= 11 is 0. The molecular weight excluding hydrogens is 204 g/mol. The molecule has 1 N–H and O–H groups in total. The molecule has 0 amide bonds. The van der Waals surface area contributed by atoms with E-state index in [0.29, 0.717) is 13.0 Å². The molecule has 0 aliphatic heterocycles. The predicted octanol–water partition coefficient (Wildman–Crippen LogP) is 3.62. The van der Waals surface area contributed by atoms with E-state index in [1.807, 2.05) is 0 Å². The van der Waals surface area contributed by atoms with Crippen LogP contribution in [0.25, 0.3) is 0 Å². The summed E-state index contributed by atoms with van der Waals surface area (Å²) in [4.78, 5) is 10.9. The number of carboxylic acids is 1. The Morgan fingerprint density at radius 2 is 1.69 bits per heavy atom. The molecule has 0 saturated carbocycles. The van der Waals surface area contributed by atoms with Crippen LogP contribution in [0.2, 0.25) is 0 Å². The van der Waals surface area contributed by atoms with Crippen molar-refractivity contribution in [2.24, 2.45) is 0 Å². The number of ether oxygens (including phenoxy) is 1. The van der Waals surface area contributed by atoms with E-state index in [2.05, 4.69) is 13.8 Å². The molecule has 0 aliphatic rings. The first-order valence-corrected chi connectivity index (χ1v) is 6.56. The predicted molar refractivity (Wildman–Crippen MR) is 65.7 cm³/mol. The van der Waals surface area contributed by atoms with E-state index in [-0.39, 0.29) is 0 Å². The van der Waals surface area contributed by atoms with E-state index in [1.54, 1.807) is 0 Å². The minimum atomic E-state index is -0.812. The van der Waals surface area contributed by atoms with Gasteiger partial charge in [-0.15, -0.1) is 0 Å². The van der Waals surface area contributed by atoms with Gasteiger partial charge < -0.3 is 9.84 Å². The topological polar surface area (TPSA) is 46.5 Å². The van der Waals surface area contributed by atoms with Gasteiger partial charge in [0.15, 0.2) is 6.10 Å². The largest absolute Gasteiger partial charge is 0.479 e. The Balaban J connectivity index is 3.59. The second-order valence-electron chi connectivity index (χ2n) is 4.25. The van der Waals surface area contributed by atoms with E-state index in [0.717, 1.165) is 32.1 Å². The molecule has 0 heterocycles. The Bertz CT molecular complexity index is 157. The van der Waals surface area contributed by atoms with Crippen molar-refractivity contribution in [2.45, 2.75) is 71.3 Å². The lowest BCUT2D eigenvalue weighted by atomic mass is 10.1. The standard InChI is InChI=1S/C13H26O3/c1-3-5-7-8-10-12(13(14)15)16-11-9-6-4-2/h12H,3-11H2,1-2H3,(H,14,15). The van der Waals surface area contributed by atoms with Gasteiger partial charge in [-0.1, -0.05) is 52.4 Å². The van der Waals surface area contributed by atoms with Crippen LogP contribution in [0.5, 0.6) is 0 Å². The van der Waals surface area contributed by atoms with E-state index < -0.39 is 12.1 Å². The second kappa shape index (κ2) is 10.9. The van der Waals surface area contributed by atoms with Crippen molar-refractivity contribution in [3.8, 4) is 0 Å². The average Bonchev–Trinajstić information content (AvgIpc) is 2.26. The lowest BCUT2D eigenvalue weighted by Crippen LogP contribution is -2.24. The summed E-state index contributed by atoms with van der Waals surface area (Å²) in [7, 11) is 0. The molecule has 3 heteroatoms. The zero-order valence-corrected chi connectivity index (χ0v) is 10.7. The quantitative estimate of drug-likeness (QED) is 0.551. The summed E-state index contributed by atoms with van der Waals surface area (Å²) in [6.45, 7) is 4.86. The lowest BCUT2D eigenvalue weighted by Gasteiger charge is -2.13. The molecule has 1 unspecified atom stereocenters. The minimum absolute atomic E-state index is 0.582. The maximum atomic E-state index is 10.9. The molecule has 0 rings (SSSR count). The fourth-order valence-electron chi connectivity index (χ4n) is 1.61. The molecule has 96 valence electrons. The van der Waals surface area contributed by atoms with Crippen molar-refractivity contribution < 1.29 is 14.6 Å². The molecule has 0 aliphatic carbocycles. The van der Waals surface area contributed by atoms with Crippen LogP contribution in [0.1, 0.15) is 65.2 Å². The number of rotatable bonds is 11. The molecule has 0 fully saturated rings. The Morgan fingerprint density at radius 3 is 2.25 bits per heavy atom. The molecule has 1 atom stereocenters. The highest BCUT2D eigenvalue weighted by molar-refractivity contribution is 5.72. The third kappa shape index (κ3) is 8.72. The highest BCUT2D eigenvalue weighted by atomic mass is 16.5. The van der Waals surface area contributed by atoms with Crippen LogP contribution in [-0.4, -0.2) is 23.8 Å². The Labute approximate surface area is 99.2 Å². The van der Waals surface area contributed by atoms with E-state index in [1.165, 1.54) is 12.8 Å². The van der Waals surface area contributed by atoms with Crippen LogP contribution in [0, 0.1) is 0 Å². The highest BCUT2D eigenvalue weighted by Gasteiger charge is 2.16. The van der Waals surface area contributed by atoms with Gasteiger partial charge in [-0.2, -0.15) is 0 Å². The molecular formula is C13H26O3. The number of unbranched alkanes of at least 4 members (excludes halogenated alkanes) is 5. The molecule has 0 saturated heterocycles. The maximum Gasteiger partial charge on any atom is 0.332 e. The first kappa shape index (κ1) is 15.4. The molecule has 0 bridgehead atoms. The maximum absolute atomic E-state index is 10.9. The number of aliphatic carboxylic acids is 1. The van der Waals surface area contributed by atoms with E-state index in [9.17, 15) is 4.79 Å². The number of hydrogen-bond acceptors (Lipinski definition) is 2. The van der Waals surface area contributed by atoms with Crippen molar-refractivity contribution in [1.82, 2.24) is 0 Å². The lowest BCUT2D eigenvalue weighted by molar-refractivity contribution is -0.151. The average molecular weight is 230 g/mol. The van der Waals surface area contributed by atoms with Gasteiger partial charge in [0.05, 0.1) is 0 Å². The molecule has 0 aromatic carbocycles. The van der Waals surface area contributed by atoms with Gasteiger partial charge in [-0.25, -0.2) is 4.79 Å². The van der Waals surface area contributed by atoms with Crippen LogP contribution in [0.4, 0.5) is 0 Å². The Kier molecular flexibility index (Phi) is 10.5. The van der Waals surface area contributed by atoms with Crippen molar-refractivity contribution in [2.75, 3.05) is 6.61 Å². The third-order valence-corrected chi connectivity index (χ3v) is 2.66. The second-order valence-corrected chi connectivity index (χ2v) is 4.25. The summed E-state index contributed by atoms with van der Waals surface area (Å²) in [5, 5.41) is 8.96. The van der Waals surface area contributed by atoms with Crippen molar-refractivity contribution in [1.29, 1.82) is 0 Å². The van der Waals surface area contributed by atoms with Crippen LogP contribution in [0.3, 0.4) is 0 Å². The fourth-order valence-corrected chi connectivity index (χ4v) is 1.61. The molecule has 0 aromatic rings. The van der Waals surface area contributed by atoms with Gasteiger partial charge in [-0.3, -0.25) is 0 Å². The first-order valence-electron chi connectivity index (χ1n) is 6.56. The summed E-state index contributed by atoms with van der Waals surface area (Å²) < 4.78 is 5.39. The number of carboxylic acid groups (broad SMARTS) is 1. The zero-order chi connectivity index (χ0) is 12.2. The van der Waals surface area contributed by atoms with Gasteiger partial charge in [-0.05, 0) is 12.8 Å². The van der Waals surface area contributed by atoms with E-state index >= 15 is 0 Å². The smallest absolute Gasteiger partial charge is 0.332 e. The normalized spacial score (nSPS) is 12.6. The Hall–Kier alpha value is -0.570. The van der Waals surface area contributed by atoms with Crippen molar-refractivity contribution in [3.63, 3.8) is 0 Å². The Morgan fingerprint density at radius 1 is 1.06 bits per heavy atom. The zero-order valence-electron chi connectivity index (χ0n) is 10.7. The van der Waals surface area contributed by atoms with Gasteiger partial charge in [0.2, 0.25) is 0 Å². The van der Waals surface area contributed by atoms with Crippen LogP contribution < -0.4 is 0 Å². The van der Waals surface area contributed by atoms with Gasteiger partial charge >= 0.3 is 5.97 Å². The first-order chi connectivity index (χ1) is 7.72. The summed E-state index contributed by atoms with van der Waals surface area (Å²) in [6, 6.07) is 0. The molecule has 0 spiro atoms. The molecule has 16 heavy (non-hydrogen) atoms. The van der Waals surface area contributed by atoms with Crippen molar-refractivity contribution in [3.05, 3.63) is 0 Å². The SMILES string of the molecule is CCCCCCC(OCCCCC)C(=O)O. The minimum Gasteiger partial charge on any atom is -0.479 e. The monoisotopic (exact) mass is 230 g/mol. The third-order valence-electron chi connectivity index (χ3n) is 2.66. The van der Waals surface area contributed by atoms with Crippen LogP contribution in [0.15, 0.2) is 0 Å².